The molecule has 1 aromatic rings. The lowest BCUT2D eigenvalue weighted by atomic mass is 10.1. The van der Waals surface area contributed by atoms with E-state index in [9.17, 15) is 4.79 Å². The van der Waals surface area contributed by atoms with Gasteiger partial charge in [0, 0.05) is 6.54 Å². The van der Waals surface area contributed by atoms with Gasteiger partial charge in [0.05, 0.1) is 23.1 Å². The topological polar surface area (TPSA) is 68.0 Å². The smallest absolute Gasteiger partial charge is 0.253 e. The molecule has 1 aliphatic rings. The van der Waals surface area contributed by atoms with Gasteiger partial charge in [-0.2, -0.15) is 0 Å². The first-order valence-corrected chi connectivity index (χ1v) is 5.67. The average Bonchev–Trinajstić information content (AvgIpc) is 3.05. The summed E-state index contributed by atoms with van der Waals surface area (Å²) in [5.74, 6) is 0.762. The zero-order valence-electron chi connectivity index (χ0n) is 9.49. The van der Waals surface area contributed by atoms with Crippen molar-refractivity contribution in [3.05, 3.63) is 23.5 Å². The number of hydrogen-bond acceptors (Lipinski definition) is 3. The second kappa shape index (κ2) is 4.51. The zero-order valence-corrected chi connectivity index (χ0v) is 9.49. The van der Waals surface area contributed by atoms with E-state index >= 15 is 0 Å². The first-order valence-electron chi connectivity index (χ1n) is 5.67. The Labute approximate surface area is 95.3 Å². The fourth-order valence-corrected chi connectivity index (χ4v) is 1.67. The van der Waals surface area contributed by atoms with E-state index in [1.165, 1.54) is 12.8 Å². The maximum absolute atomic E-state index is 11.8. The molecular formula is C12H17N3O. The molecule has 3 N–H and O–H groups in total. The molecule has 0 unspecified atom stereocenters. The van der Waals surface area contributed by atoms with Gasteiger partial charge >= 0.3 is 0 Å². The third kappa shape index (κ3) is 2.72. The van der Waals surface area contributed by atoms with Gasteiger partial charge in [-0.15, -0.1) is 0 Å². The fraction of sp³-hybridized carbons (Fsp3) is 0.500. The second-order valence-electron chi connectivity index (χ2n) is 4.39. The normalized spacial score (nSPS) is 14.8. The monoisotopic (exact) mass is 219 g/mol. The lowest BCUT2D eigenvalue weighted by Gasteiger charge is -2.07. The van der Waals surface area contributed by atoms with Crippen LogP contribution >= 0.6 is 0 Å². The third-order valence-electron chi connectivity index (χ3n) is 2.89. The number of nitrogens with zero attached hydrogens (tertiary/aromatic N) is 1. The van der Waals surface area contributed by atoms with Crippen LogP contribution in [0.4, 0.5) is 5.69 Å². The molecule has 1 saturated carbocycles. The number of nitrogens with two attached hydrogens (primary N) is 1. The Balaban J connectivity index is 1.93. The van der Waals surface area contributed by atoms with Crippen molar-refractivity contribution in [2.75, 3.05) is 12.3 Å². The quantitative estimate of drug-likeness (QED) is 0.806. The summed E-state index contributed by atoms with van der Waals surface area (Å²) in [5.41, 5.74) is 7.44. The molecule has 0 bridgehead atoms. The van der Waals surface area contributed by atoms with E-state index in [0.29, 0.717) is 11.3 Å². The van der Waals surface area contributed by atoms with Crippen LogP contribution in [-0.4, -0.2) is 17.4 Å². The van der Waals surface area contributed by atoms with Crippen molar-refractivity contribution >= 4 is 11.6 Å². The van der Waals surface area contributed by atoms with Gasteiger partial charge in [-0.25, -0.2) is 0 Å². The van der Waals surface area contributed by atoms with Crippen molar-refractivity contribution < 1.29 is 4.79 Å². The number of hydrogen-bond donors (Lipinski definition) is 2. The van der Waals surface area contributed by atoms with E-state index in [0.717, 1.165) is 24.6 Å². The summed E-state index contributed by atoms with van der Waals surface area (Å²) >= 11 is 0. The standard InChI is InChI=1S/C12H17N3O/c1-8-11(6-10(13)7-15-8)12(16)14-5-4-9-2-3-9/h6-7,9H,2-5,13H2,1H3,(H,14,16). The Bertz CT molecular complexity index is 399. The summed E-state index contributed by atoms with van der Waals surface area (Å²) in [6, 6.07) is 1.68. The van der Waals surface area contributed by atoms with E-state index in [2.05, 4.69) is 10.3 Å². The fourth-order valence-electron chi connectivity index (χ4n) is 1.67. The van der Waals surface area contributed by atoms with E-state index < -0.39 is 0 Å². The molecule has 0 atom stereocenters. The molecule has 4 nitrogen and oxygen atoms in total. The molecule has 1 aliphatic carbocycles. The number of nitrogens with one attached hydrogen (secondary N) is 1. The van der Waals surface area contributed by atoms with Gasteiger partial charge in [-0.05, 0) is 25.3 Å². The number of anilines is 1. The van der Waals surface area contributed by atoms with Gasteiger partial charge in [0.15, 0.2) is 0 Å². The summed E-state index contributed by atoms with van der Waals surface area (Å²) < 4.78 is 0. The van der Waals surface area contributed by atoms with Crippen LogP contribution in [-0.2, 0) is 0 Å². The highest BCUT2D eigenvalue weighted by Crippen LogP contribution is 2.31. The zero-order chi connectivity index (χ0) is 11.5. The highest BCUT2D eigenvalue weighted by atomic mass is 16.1. The van der Waals surface area contributed by atoms with Gasteiger partial charge in [0.25, 0.3) is 5.91 Å². The average molecular weight is 219 g/mol. The highest BCUT2D eigenvalue weighted by molar-refractivity contribution is 5.95. The molecule has 0 aliphatic heterocycles. The molecule has 16 heavy (non-hydrogen) atoms. The predicted molar refractivity (Wildman–Crippen MR) is 63.1 cm³/mol. The van der Waals surface area contributed by atoms with Gasteiger partial charge < -0.3 is 11.1 Å². The first-order chi connectivity index (χ1) is 7.66. The van der Waals surface area contributed by atoms with Crippen molar-refractivity contribution in [3.8, 4) is 0 Å². The number of carbonyl (C=O) groups is 1. The first kappa shape index (κ1) is 10.9. The largest absolute Gasteiger partial charge is 0.397 e. The van der Waals surface area contributed by atoms with Crippen molar-refractivity contribution in [3.63, 3.8) is 0 Å². The van der Waals surface area contributed by atoms with Crippen LogP contribution < -0.4 is 11.1 Å². The summed E-state index contributed by atoms with van der Waals surface area (Å²) in [5, 5.41) is 2.90. The van der Waals surface area contributed by atoms with Crippen molar-refractivity contribution in [2.24, 2.45) is 5.92 Å². The molecule has 2 rings (SSSR count). The van der Waals surface area contributed by atoms with Gasteiger partial charge in [-0.1, -0.05) is 12.8 Å². The Morgan fingerprint density at radius 3 is 3.06 bits per heavy atom. The molecule has 1 aromatic heterocycles. The van der Waals surface area contributed by atoms with Gasteiger partial charge in [-0.3, -0.25) is 9.78 Å². The molecule has 1 heterocycles. The lowest BCUT2D eigenvalue weighted by molar-refractivity contribution is 0.0951. The second-order valence-corrected chi connectivity index (χ2v) is 4.39. The third-order valence-corrected chi connectivity index (χ3v) is 2.89. The number of aromatic nitrogens is 1. The number of pyridine rings is 1. The minimum Gasteiger partial charge on any atom is -0.397 e. The number of carbonyl (C=O) groups excluding carboxylic acids is 1. The molecule has 86 valence electrons. The molecular weight excluding hydrogens is 202 g/mol. The number of rotatable bonds is 4. The van der Waals surface area contributed by atoms with E-state index in [1.807, 2.05) is 6.92 Å². The molecule has 1 fully saturated rings. The lowest BCUT2D eigenvalue weighted by Crippen LogP contribution is -2.25. The van der Waals surface area contributed by atoms with E-state index in [-0.39, 0.29) is 5.91 Å². The van der Waals surface area contributed by atoms with E-state index in [4.69, 9.17) is 5.73 Å². The Kier molecular flexibility index (Phi) is 3.08. The Morgan fingerprint density at radius 1 is 1.62 bits per heavy atom. The summed E-state index contributed by atoms with van der Waals surface area (Å²) in [4.78, 5) is 15.9. The molecule has 0 radical (unpaired) electrons. The van der Waals surface area contributed by atoms with E-state index in [1.54, 1.807) is 12.3 Å². The molecule has 1 amide bonds. The van der Waals surface area contributed by atoms with Crippen molar-refractivity contribution in [2.45, 2.75) is 26.2 Å². The van der Waals surface area contributed by atoms with Crippen LogP contribution in [0.1, 0.15) is 35.3 Å². The molecule has 0 aromatic carbocycles. The summed E-state index contributed by atoms with van der Waals surface area (Å²) in [6.45, 7) is 2.56. The minimum absolute atomic E-state index is 0.0713. The summed E-state index contributed by atoms with van der Waals surface area (Å²) in [7, 11) is 0. The number of amides is 1. The van der Waals surface area contributed by atoms with Crippen LogP contribution in [0.2, 0.25) is 0 Å². The SMILES string of the molecule is Cc1ncc(N)cc1C(=O)NCCC1CC1. The molecule has 0 spiro atoms. The predicted octanol–water partition coefficient (Wildman–Crippen LogP) is 1.50. The van der Waals surface area contributed by atoms with Crippen molar-refractivity contribution in [1.82, 2.24) is 10.3 Å². The van der Waals surface area contributed by atoms with Crippen LogP contribution in [0.5, 0.6) is 0 Å². The number of aryl methyl sites for hydroxylation is 1. The molecule has 0 saturated heterocycles. The minimum atomic E-state index is -0.0713. The maximum atomic E-state index is 11.8. The molecule has 4 heteroatoms. The highest BCUT2D eigenvalue weighted by Gasteiger charge is 2.20. The van der Waals surface area contributed by atoms with Crippen LogP contribution in [0, 0.1) is 12.8 Å². The van der Waals surface area contributed by atoms with Gasteiger partial charge in [0.2, 0.25) is 0 Å². The van der Waals surface area contributed by atoms with Gasteiger partial charge in [0.1, 0.15) is 0 Å². The van der Waals surface area contributed by atoms with Crippen LogP contribution in [0.25, 0.3) is 0 Å². The van der Waals surface area contributed by atoms with Crippen molar-refractivity contribution in [1.29, 1.82) is 0 Å². The summed E-state index contributed by atoms with van der Waals surface area (Å²) in [6.07, 6.45) is 5.28. The number of nitrogen functional groups attached to an aromatic ring is 1. The van der Waals surface area contributed by atoms with Crippen LogP contribution in [0.3, 0.4) is 0 Å². The van der Waals surface area contributed by atoms with Crippen LogP contribution in [0.15, 0.2) is 12.3 Å². The Hall–Kier alpha value is -1.58. The Morgan fingerprint density at radius 2 is 2.38 bits per heavy atom. The maximum Gasteiger partial charge on any atom is 0.253 e.